The molecule has 0 radical (unpaired) electrons. The molecule has 272 valence electrons. The maximum Gasteiger partial charge on any atom is 0.270 e. The normalized spacial score (nSPS) is 19.8. The molecule has 3 heterocycles. The molecule has 2 fully saturated rings. The lowest BCUT2D eigenvalue weighted by atomic mass is 9.94. The highest BCUT2D eigenvalue weighted by Gasteiger charge is 2.50. The van der Waals surface area contributed by atoms with Gasteiger partial charge < -0.3 is 30.7 Å². The molecule has 2 unspecified atom stereocenters. The summed E-state index contributed by atoms with van der Waals surface area (Å²) in [5, 5.41) is 21.5. The monoisotopic (exact) mass is 723 g/mol. The van der Waals surface area contributed by atoms with E-state index >= 15 is 0 Å². The van der Waals surface area contributed by atoms with Crippen molar-refractivity contribution in [2.45, 2.75) is 69.1 Å². The molecule has 12 heteroatoms. The average Bonchev–Trinajstić information content (AvgIpc) is 3.80. The van der Waals surface area contributed by atoms with E-state index in [1.165, 1.54) is 16.7 Å². The molecular weight excluding hydrogens is 679 g/mol. The summed E-state index contributed by atoms with van der Waals surface area (Å²) in [7, 11) is 0. The summed E-state index contributed by atoms with van der Waals surface area (Å²) in [4.78, 5) is 61.5. The minimum atomic E-state index is -1.69. The third-order valence-corrected chi connectivity index (χ3v) is 11.3. The summed E-state index contributed by atoms with van der Waals surface area (Å²) < 4.78 is 4.96. The van der Waals surface area contributed by atoms with Gasteiger partial charge in [0, 0.05) is 29.2 Å². The van der Waals surface area contributed by atoms with Crippen molar-refractivity contribution in [3.63, 3.8) is 0 Å². The van der Waals surface area contributed by atoms with Crippen LogP contribution in [0.4, 0.5) is 0 Å². The summed E-state index contributed by atoms with van der Waals surface area (Å²) >= 11 is 1.45. The topological polar surface area (TPSA) is 150 Å². The van der Waals surface area contributed by atoms with E-state index < -0.39 is 46.7 Å². The molecule has 3 aromatic carbocycles. The molecule has 4 N–H and O–H groups in total. The molecule has 0 spiro atoms. The number of pyridine rings is 1. The van der Waals surface area contributed by atoms with Gasteiger partial charge in [0.25, 0.3) is 11.8 Å². The maximum absolute atomic E-state index is 14.2. The Morgan fingerprint density at radius 3 is 2.44 bits per heavy atom. The number of ether oxygens (including phenoxy) is 1. The highest BCUT2D eigenvalue weighted by Crippen LogP contribution is 2.40. The number of aryl methyl sites for hydroxylation is 1. The first-order chi connectivity index (χ1) is 25.0. The molecular formula is C40H45N5O6S. The number of hydrogen-bond donors (Lipinski definition) is 4. The van der Waals surface area contributed by atoms with E-state index in [0.717, 1.165) is 22.1 Å². The molecule has 2 aliphatic rings. The molecule has 4 aromatic rings. The van der Waals surface area contributed by atoms with Crippen LogP contribution in [0.2, 0.25) is 0 Å². The van der Waals surface area contributed by atoms with Crippen molar-refractivity contribution in [1.29, 1.82) is 0 Å². The van der Waals surface area contributed by atoms with Crippen LogP contribution in [0.3, 0.4) is 0 Å². The number of thioether (sulfide) groups is 1. The zero-order valence-electron chi connectivity index (χ0n) is 29.6. The molecule has 5 atom stereocenters. The molecule has 6 rings (SSSR count). The van der Waals surface area contributed by atoms with Crippen LogP contribution < -0.4 is 16.0 Å². The smallest absolute Gasteiger partial charge is 0.270 e. The fourth-order valence-corrected chi connectivity index (χ4v) is 7.99. The van der Waals surface area contributed by atoms with Crippen molar-refractivity contribution in [3.8, 4) is 0 Å². The SMILES string of the molecule is Cc1ccccc1CNC(=O)[C@H]1N(C(=O)[C@@H](O)[C@H](Cc2ccccc2)NC(=O)C(NC(=O)c2ccc3ccccc3n2)C2CCOC2)CSC1(C)C. The average molecular weight is 724 g/mol. The molecule has 0 aliphatic carbocycles. The number of aliphatic hydroxyl groups is 1. The molecule has 2 aliphatic heterocycles. The van der Waals surface area contributed by atoms with Crippen molar-refractivity contribution < 1.29 is 29.0 Å². The van der Waals surface area contributed by atoms with Gasteiger partial charge in [0.15, 0.2) is 6.10 Å². The van der Waals surface area contributed by atoms with Gasteiger partial charge >= 0.3 is 0 Å². The molecule has 0 saturated carbocycles. The molecule has 2 saturated heterocycles. The van der Waals surface area contributed by atoms with Gasteiger partial charge in [-0.1, -0.05) is 78.9 Å². The Hall–Kier alpha value is -4.78. The molecule has 52 heavy (non-hydrogen) atoms. The van der Waals surface area contributed by atoms with E-state index in [-0.39, 0.29) is 36.4 Å². The van der Waals surface area contributed by atoms with Gasteiger partial charge in [0.1, 0.15) is 17.8 Å². The third-order valence-electron chi connectivity index (χ3n) is 9.89. The number of para-hydroxylation sites is 1. The maximum atomic E-state index is 14.2. The number of fused-ring (bicyclic) bond motifs is 1. The molecule has 11 nitrogen and oxygen atoms in total. The first-order valence-corrected chi connectivity index (χ1v) is 18.5. The van der Waals surface area contributed by atoms with Crippen molar-refractivity contribution >= 4 is 46.3 Å². The second-order valence-corrected chi connectivity index (χ2v) is 15.5. The lowest BCUT2D eigenvalue weighted by molar-refractivity contribution is -0.148. The Bertz CT molecular complexity index is 1920. The van der Waals surface area contributed by atoms with Gasteiger partial charge in [-0.05, 0) is 62.4 Å². The van der Waals surface area contributed by atoms with Crippen LogP contribution in [0, 0.1) is 12.8 Å². The van der Waals surface area contributed by atoms with E-state index in [2.05, 4.69) is 20.9 Å². The number of nitrogens with one attached hydrogen (secondary N) is 3. The third kappa shape index (κ3) is 8.46. The first kappa shape index (κ1) is 37.0. The predicted octanol–water partition coefficient (Wildman–Crippen LogP) is 3.76. The minimum absolute atomic E-state index is 0.127. The Balaban J connectivity index is 1.22. The Morgan fingerprint density at radius 2 is 1.69 bits per heavy atom. The number of aliphatic hydroxyl groups excluding tert-OH is 1. The van der Waals surface area contributed by atoms with Crippen LogP contribution >= 0.6 is 11.8 Å². The van der Waals surface area contributed by atoms with Crippen molar-refractivity contribution in [2.24, 2.45) is 5.92 Å². The van der Waals surface area contributed by atoms with E-state index in [4.69, 9.17) is 4.74 Å². The van der Waals surface area contributed by atoms with Crippen LogP contribution in [-0.4, -0.2) is 86.7 Å². The van der Waals surface area contributed by atoms with Gasteiger partial charge in [-0.3, -0.25) is 19.2 Å². The van der Waals surface area contributed by atoms with E-state index in [1.54, 1.807) is 12.1 Å². The van der Waals surface area contributed by atoms with Crippen molar-refractivity contribution in [1.82, 2.24) is 25.8 Å². The van der Waals surface area contributed by atoms with E-state index in [0.29, 0.717) is 25.1 Å². The van der Waals surface area contributed by atoms with Crippen molar-refractivity contribution in [3.05, 3.63) is 113 Å². The largest absolute Gasteiger partial charge is 0.381 e. The summed E-state index contributed by atoms with van der Waals surface area (Å²) in [5.74, 6) is -2.22. The zero-order valence-corrected chi connectivity index (χ0v) is 30.4. The number of rotatable bonds is 12. The number of nitrogens with zero attached hydrogens (tertiary/aromatic N) is 2. The van der Waals surface area contributed by atoms with Crippen LogP contribution in [-0.2, 0) is 32.1 Å². The van der Waals surface area contributed by atoms with Gasteiger partial charge in [-0.15, -0.1) is 11.8 Å². The number of hydrogen-bond acceptors (Lipinski definition) is 8. The fraction of sp³-hybridized carbons (Fsp3) is 0.375. The summed E-state index contributed by atoms with van der Waals surface area (Å²) in [6.07, 6.45) is -1.03. The molecule has 1 aromatic heterocycles. The Labute approximate surface area is 307 Å². The van der Waals surface area contributed by atoms with Gasteiger partial charge in [-0.2, -0.15) is 0 Å². The summed E-state index contributed by atoms with van der Waals surface area (Å²) in [6.45, 7) is 6.77. The fourth-order valence-electron chi connectivity index (χ4n) is 6.85. The van der Waals surface area contributed by atoms with E-state index in [1.807, 2.05) is 99.6 Å². The number of carbonyl (C=O) groups excluding carboxylic acids is 4. The Kier molecular flexibility index (Phi) is 11.6. The quantitative estimate of drug-likeness (QED) is 0.173. The number of aromatic nitrogens is 1. The van der Waals surface area contributed by atoms with Crippen LogP contribution in [0.15, 0.2) is 91.0 Å². The lowest BCUT2D eigenvalue weighted by Crippen LogP contribution is -2.60. The zero-order chi connectivity index (χ0) is 36.8. The summed E-state index contributed by atoms with van der Waals surface area (Å²) in [5.41, 5.74) is 3.60. The number of benzene rings is 3. The van der Waals surface area contributed by atoms with Gasteiger partial charge in [0.05, 0.1) is 24.0 Å². The van der Waals surface area contributed by atoms with E-state index in [9.17, 15) is 24.3 Å². The first-order valence-electron chi connectivity index (χ1n) is 17.6. The molecule has 0 bridgehead atoms. The standard InChI is InChI=1S/C40H45N5O6S/c1-25-11-7-8-15-28(25)22-41-38(49)35-40(2,3)52-24-45(35)39(50)34(46)32(21-26-12-5-4-6-13-26)43-37(48)33(29-19-20-51-23-29)44-36(47)31-18-17-27-14-9-10-16-30(27)42-31/h4-18,29,32-35,46H,19-24H2,1-3H3,(H,41,49)(H,43,48)(H,44,47)/t29?,32-,33?,34-,35+/m0/s1. The highest BCUT2D eigenvalue weighted by atomic mass is 32.2. The Morgan fingerprint density at radius 1 is 0.962 bits per heavy atom. The number of carbonyl (C=O) groups is 4. The van der Waals surface area contributed by atoms with Crippen LogP contribution in [0.25, 0.3) is 10.9 Å². The second-order valence-electron chi connectivity index (χ2n) is 13.9. The van der Waals surface area contributed by atoms with Gasteiger partial charge in [0.2, 0.25) is 11.8 Å². The highest BCUT2D eigenvalue weighted by molar-refractivity contribution is 8.00. The second kappa shape index (κ2) is 16.3. The van der Waals surface area contributed by atoms with Crippen molar-refractivity contribution in [2.75, 3.05) is 19.1 Å². The van der Waals surface area contributed by atoms with Crippen LogP contribution in [0.5, 0.6) is 0 Å². The molecule has 4 amide bonds. The van der Waals surface area contributed by atoms with Gasteiger partial charge in [-0.25, -0.2) is 4.98 Å². The predicted molar refractivity (Wildman–Crippen MR) is 200 cm³/mol. The number of amides is 4. The lowest BCUT2D eigenvalue weighted by Gasteiger charge is -2.34. The van der Waals surface area contributed by atoms with Crippen LogP contribution in [0.1, 0.15) is 47.4 Å². The summed E-state index contributed by atoms with van der Waals surface area (Å²) in [6, 6.07) is 24.9. The minimum Gasteiger partial charge on any atom is -0.381 e.